The molecule has 0 fully saturated rings. The molecule has 6 nitrogen and oxygen atoms in total. The van der Waals surface area contributed by atoms with E-state index in [1.54, 1.807) is 48.7 Å². The average molecular weight is 398 g/mol. The van der Waals surface area contributed by atoms with Gasteiger partial charge in [0.1, 0.15) is 0 Å². The fourth-order valence-electron chi connectivity index (χ4n) is 2.92. The van der Waals surface area contributed by atoms with Crippen LogP contribution >= 0.6 is 11.8 Å². The van der Waals surface area contributed by atoms with Gasteiger partial charge in [0, 0.05) is 31.3 Å². The van der Waals surface area contributed by atoms with Gasteiger partial charge in [0.25, 0.3) is 11.5 Å². The number of methoxy groups -OCH3 is 1. The van der Waals surface area contributed by atoms with Crippen LogP contribution in [0.15, 0.2) is 52.3 Å². The van der Waals surface area contributed by atoms with Crippen LogP contribution in [-0.2, 0) is 17.8 Å². The second-order valence-electron chi connectivity index (χ2n) is 6.39. The number of thioether (sulfide) groups is 1. The largest absolute Gasteiger partial charge is 0.383 e. The summed E-state index contributed by atoms with van der Waals surface area (Å²) in [6, 6.07) is 11.5. The molecule has 0 unspecified atom stereocenters. The summed E-state index contributed by atoms with van der Waals surface area (Å²) in [5.74, 6) is -0.243. The second kappa shape index (κ2) is 9.03. The molecule has 7 heteroatoms. The van der Waals surface area contributed by atoms with Crippen molar-refractivity contribution in [1.82, 2.24) is 14.9 Å². The van der Waals surface area contributed by atoms with Crippen molar-refractivity contribution in [3.05, 3.63) is 69.8 Å². The Balaban J connectivity index is 1.84. The maximum Gasteiger partial charge on any atom is 0.260 e. The summed E-state index contributed by atoms with van der Waals surface area (Å²) in [7, 11) is 1.59. The fraction of sp³-hybridized carbons (Fsp3) is 0.286. The Morgan fingerprint density at radius 2 is 2.00 bits per heavy atom. The Bertz CT molecular complexity index is 1050. The highest BCUT2D eigenvalue weighted by molar-refractivity contribution is 7.98. The van der Waals surface area contributed by atoms with Crippen molar-refractivity contribution in [1.29, 1.82) is 0 Å². The standard InChI is InChI=1S/C21H23N3O3S/c1-14-17(20(25)22-13-15-4-6-16(28-3)7-5-15)12-18-19(23-14)8-9-24(21(18)26)10-11-27-2/h4-9,12H,10-11,13H2,1-3H3,(H,22,25). The number of pyridine rings is 2. The van der Waals surface area contributed by atoms with Gasteiger partial charge < -0.3 is 14.6 Å². The van der Waals surface area contributed by atoms with Crippen molar-refractivity contribution in [2.24, 2.45) is 0 Å². The van der Waals surface area contributed by atoms with Crippen molar-refractivity contribution < 1.29 is 9.53 Å². The lowest BCUT2D eigenvalue weighted by atomic mass is 10.1. The van der Waals surface area contributed by atoms with Gasteiger partial charge in [-0.1, -0.05) is 12.1 Å². The van der Waals surface area contributed by atoms with Gasteiger partial charge in [-0.3, -0.25) is 14.6 Å². The van der Waals surface area contributed by atoms with Crippen LogP contribution in [0.3, 0.4) is 0 Å². The van der Waals surface area contributed by atoms with Gasteiger partial charge in [0.05, 0.1) is 28.8 Å². The molecule has 2 aromatic heterocycles. The number of carbonyl (C=O) groups excluding carboxylic acids is 1. The number of ether oxygens (including phenoxy) is 1. The Hall–Kier alpha value is -2.64. The molecule has 0 spiro atoms. The first kappa shape index (κ1) is 20.1. The van der Waals surface area contributed by atoms with E-state index >= 15 is 0 Å². The molecule has 0 aliphatic carbocycles. The van der Waals surface area contributed by atoms with Crippen LogP contribution in [0, 0.1) is 6.92 Å². The van der Waals surface area contributed by atoms with E-state index in [0.29, 0.717) is 41.9 Å². The van der Waals surface area contributed by atoms with E-state index in [4.69, 9.17) is 4.74 Å². The molecule has 0 saturated carbocycles. The number of benzene rings is 1. The van der Waals surface area contributed by atoms with Crippen LogP contribution in [0.5, 0.6) is 0 Å². The molecule has 1 N–H and O–H groups in total. The third-order valence-electron chi connectivity index (χ3n) is 4.54. The van der Waals surface area contributed by atoms with Gasteiger partial charge in [0.2, 0.25) is 0 Å². The summed E-state index contributed by atoms with van der Waals surface area (Å²) >= 11 is 1.67. The summed E-state index contributed by atoms with van der Waals surface area (Å²) in [6.07, 6.45) is 3.73. The molecule has 1 amide bonds. The maximum absolute atomic E-state index is 12.7. The molecule has 0 saturated heterocycles. The molecule has 0 atom stereocenters. The molecule has 0 aliphatic rings. The van der Waals surface area contributed by atoms with Crippen LogP contribution < -0.4 is 10.9 Å². The monoisotopic (exact) mass is 397 g/mol. The Labute approximate surface area is 167 Å². The number of hydrogen-bond acceptors (Lipinski definition) is 5. The van der Waals surface area contributed by atoms with Gasteiger partial charge >= 0.3 is 0 Å². The van der Waals surface area contributed by atoms with Crippen molar-refractivity contribution in [3.8, 4) is 0 Å². The topological polar surface area (TPSA) is 73.2 Å². The maximum atomic E-state index is 12.7. The first-order valence-corrected chi connectivity index (χ1v) is 10.2. The zero-order valence-corrected chi connectivity index (χ0v) is 17.0. The van der Waals surface area contributed by atoms with E-state index in [1.165, 1.54) is 4.90 Å². The summed E-state index contributed by atoms with van der Waals surface area (Å²) in [5, 5.41) is 3.34. The van der Waals surface area contributed by atoms with Gasteiger partial charge in [0.15, 0.2) is 0 Å². The first-order valence-electron chi connectivity index (χ1n) is 8.94. The van der Waals surface area contributed by atoms with Crippen LogP contribution in [0.1, 0.15) is 21.6 Å². The summed E-state index contributed by atoms with van der Waals surface area (Å²) in [6.45, 7) is 3.08. The van der Waals surface area contributed by atoms with E-state index in [0.717, 1.165) is 5.56 Å². The van der Waals surface area contributed by atoms with E-state index in [-0.39, 0.29) is 11.5 Å². The fourth-order valence-corrected chi connectivity index (χ4v) is 3.33. The van der Waals surface area contributed by atoms with E-state index in [1.807, 2.05) is 30.5 Å². The summed E-state index contributed by atoms with van der Waals surface area (Å²) in [5.41, 5.74) is 2.43. The van der Waals surface area contributed by atoms with Gasteiger partial charge in [-0.05, 0) is 43.0 Å². The minimum absolute atomic E-state index is 0.177. The first-order chi connectivity index (χ1) is 13.5. The zero-order chi connectivity index (χ0) is 20.1. The molecule has 28 heavy (non-hydrogen) atoms. The number of hydrogen-bond donors (Lipinski definition) is 1. The summed E-state index contributed by atoms with van der Waals surface area (Å²) < 4.78 is 6.61. The highest BCUT2D eigenvalue weighted by Crippen LogP contribution is 2.16. The minimum atomic E-state index is -0.243. The zero-order valence-electron chi connectivity index (χ0n) is 16.2. The van der Waals surface area contributed by atoms with Crippen LogP contribution in [0.4, 0.5) is 0 Å². The van der Waals surface area contributed by atoms with Crippen molar-refractivity contribution >= 4 is 28.6 Å². The number of nitrogens with zero attached hydrogens (tertiary/aromatic N) is 2. The number of rotatable bonds is 7. The SMILES string of the molecule is COCCn1ccc2nc(C)c(C(=O)NCc3ccc(SC)cc3)cc2c1=O. The molecular formula is C21H23N3O3S. The summed E-state index contributed by atoms with van der Waals surface area (Å²) in [4.78, 5) is 31.0. The van der Waals surface area contributed by atoms with Gasteiger partial charge in [-0.25, -0.2) is 0 Å². The molecule has 3 aromatic rings. The van der Waals surface area contributed by atoms with Crippen LogP contribution in [-0.4, -0.2) is 35.4 Å². The molecule has 0 aliphatic heterocycles. The molecule has 1 aromatic carbocycles. The number of amides is 1. The normalized spacial score (nSPS) is 11.0. The molecule has 0 radical (unpaired) electrons. The molecular weight excluding hydrogens is 374 g/mol. The van der Waals surface area contributed by atoms with E-state index in [9.17, 15) is 9.59 Å². The number of aromatic nitrogens is 2. The van der Waals surface area contributed by atoms with Crippen molar-refractivity contribution in [3.63, 3.8) is 0 Å². The second-order valence-corrected chi connectivity index (χ2v) is 7.27. The highest BCUT2D eigenvalue weighted by atomic mass is 32.2. The number of carbonyl (C=O) groups is 1. The van der Waals surface area contributed by atoms with Gasteiger partial charge in [-0.2, -0.15) is 0 Å². The quantitative estimate of drug-likeness (QED) is 0.621. The highest BCUT2D eigenvalue weighted by Gasteiger charge is 2.14. The Morgan fingerprint density at radius 1 is 1.25 bits per heavy atom. The van der Waals surface area contributed by atoms with Crippen molar-refractivity contribution in [2.45, 2.75) is 24.9 Å². The van der Waals surface area contributed by atoms with Crippen LogP contribution in [0.2, 0.25) is 0 Å². The van der Waals surface area contributed by atoms with Crippen LogP contribution in [0.25, 0.3) is 10.9 Å². The molecule has 146 valence electrons. The average Bonchev–Trinajstić information content (AvgIpc) is 2.71. The lowest BCUT2D eigenvalue weighted by molar-refractivity contribution is 0.0950. The number of aryl methyl sites for hydroxylation is 1. The minimum Gasteiger partial charge on any atom is -0.383 e. The lowest BCUT2D eigenvalue weighted by Crippen LogP contribution is -2.26. The van der Waals surface area contributed by atoms with Gasteiger partial charge in [-0.15, -0.1) is 11.8 Å². The third-order valence-corrected chi connectivity index (χ3v) is 5.28. The Morgan fingerprint density at radius 3 is 2.68 bits per heavy atom. The molecule has 3 rings (SSSR count). The van der Waals surface area contributed by atoms with E-state index in [2.05, 4.69) is 10.3 Å². The predicted octanol–water partition coefficient (Wildman–Crippen LogP) is 3.00. The molecule has 2 heterocycles. The number of nitrogens with one attached hydrogen (secondary N) is 1. The third kappa shape index (κ3) is 4.43. The smallest absolute Gasteiger partial charge is 0.260 e. The lowest BCUT2D eigenvalue weighted by Gasteiger charge is -2.11. The number of fused-ring (bicyclic) bond motifs is 1. The van der Waals surface area contributed by atoms with Crippen molar-refractivity contribution in [2.75, 3.05) is 20.0 Å². The van der Waals surface area contributed by atoms with E-state index < -0.39 is 0 Å². The Kier molecular flexibility index (Phi) is 6.49. The predicted molar refractivity (Wildman–Crippen MR) is 112 cm³/mol. The molecule has 0 bridgehead atoms.